The number of pyridine rings is 1. The van der Waals surface area contributed by atoms with Gasteiger partial charge in [0.15, 0.2) is 17.4 Å². The number of ketones is 1. The largest absolute Gasteiger partial charge is 0.319 e. The quantitative estimate of drug-likeness (QED) is 0.844. The Balaban J connectivity index is 1.89. The number of allylic oxidation sites excluding steroid dienone is 2. The first kappa shape index (κ1) is 17.3. The lowest BCUT2D eigenvalue weighted by Gasteiger charge is -2.24. The summed E-state index contributed by atoms with van der Waals surface area (Å²) in [6, 6.07) is 3.10. The van der Waals surface area contributed by atoms with Crippen molar-refractivity contribution in [3.8, 4) is 0 Å². The number of aromatic nitrogens is 1. The number of carbonyl (C=O) groups is 1. The van der Waals surface area contributed by atoms with Gasteiger partial charge in [-0.1, -0.05) is 26.0 Å². The number of hydrogen-bond donors (Lipinski definition) is 1. The van der Waals surface area contributed by atoms with Gasteiger partial charge in [0.1, 0.15) is 0 Å². The normalized spacial score (nSPS) is 21.1. The Kier molecular flexibility index (Phi) is 4.02. The molecule has 0 amide bonds. The number of benzene rings is 1. The minimum absolute atomic E-state index is 0.00814. The van der Waals surface area contributed by atoms with Crippen molar-refractivity contribution in [2.24, 2.45) is 16.9 Å². The third kappa shape index (κ3) is 2.70. The first-order chi connectivity index (χ1) is 12.9. The summed E-state index contributed by atoms with van der Waals surface area (Å²) < 4.78 is 27.7. The van der Waals surface area contributed by atoms with E-state index in [-0.39, 0.29) is 34.2 Å². The third-order valence-corrected chi connectivity index (χ3v) is 4.90. The molecule has 138 valence electrons. The lowest BCUT2D eigenvalue weighted by Crippen LogP contribution is -2.37. The van der Waals surface area contributed by atoms with Crippen molar-refractivity contribution in [3.63, 3.8) is 0 Å². The van der Waals surface area contributed by atoms with Crippen molar-refractivity contribution in [3.05, 3.63) is 70.2 Å². The van der Waals surface area contributed by atoms with Gasteiger partial charge in [0.05, 0.1) is 23.2 Å². The Labute approximate surface area is 153 Å². The van der Waals surface area contributed by atoms with Crippen LogP contribution >= 0.6 is 0 Å². The standard InChI is InChI=1S/C20H17F2N3O2/c1-10(2)18-16(14-5-3-4-8-25(14)24-18)20(27)12-9-15(26)23-19-11(12)6-7-13(21)17(19)22/h3-10,14,16H,1-2H3,(H,23,26). The van der Waals surface area contributed by atoms with E-state index in [1.165, 1.54) is 6.07 Å². The minimum Gasteiger partial charge on any atom is -0.319 e. The Morgan fingerprint density at radius 2 is 2.04 bits per heavy atom. The predicted octanol–water partition coefficient (Wildman–Crippen LogP) is 3.38. The van der Waals surface area contributed by atoms with Crippen LogP contribution in [0.1, 0.15) is 24.2 Å². The highest BCUT2D eigenvalue weighted by molar-refractivity contribution is 6.18. The fourth-order valence-corrected chi connectivity index (χ4v) is 3.64. The number of aromatic amines is 1. The van der Waals surface area contributed by atoms with Crippen molar-refractivity contribution in [1.29, 1.82) is 0 Å². The first-order valence-corrected chi connectivity index (χ1v) is 8.65. The van der Waals surface area contributed by atoms with Crippen LogP contribution in [0.15, 0.2) is 52.5 Å². The lowest BCUT2D eigenvalue weighted by atomic mass is 9.82. The average Bonchev–Trinajstić information content (AvgIpc) is 3.04. The van der Waals surface area contributed by atoms with Crippen LogP contribution in [0.5, 0.6) is 0 Å². The summed E-state index contributed by atoms with van der Waals surface area (Å²) in [6.45, 7) is 3.88. The number of H-pyrrole nitrogens is 1. The molecule has 2 atom stereocenters. The van der Waals surface area contributed by atoms with Gasteiger partial charge in [0.25, 0.3) is 0 Å². The summed E-state index contributed by atoms with van der Waals surface area (Å²) in [5.74, 6) is -3.19. The zero-order valence-corrected chi connectivity index (χ0v) is 14.7. The maximum absolute atomic E-state index is 14.2. The maximum atomic E-state index is 14.2. The van der Waals surface area contributed by atoms with Gasteiger partial charge in [0.2, 0.25) is 5.56 Å². The van der Waals surface area contributed by atoms with Gasteiger partial charge in [-0.15, -0.1) is 0 Å². The Morgan fingerprint density at radius 1 is 1.26 bits per heavy atom. The van der Waals surface area contributed by atoms with E-state index in [9.17, 15) is 18.4 Å². The summed E-state index contributed by atoms with van der Waals surface area (Å²) in [5, 5.41) is 6.43. The molecule has 7 heteroatoms. The second kappa shape index (κ2) is 6.26. The Bertz CT molecular complexity index is 1100. The molecule has 0 spiro atoms. The molecule has 2 aliphatic rings. The van der Waals surface area contributed by atoms with E-state index in [1.54, 1.807) is 11.2 Å². The van der Waals surface area contributed by atoms with Gasteiger partial charge in [-0.05, 0) is 24.1 Å². The van der Waals surface area contributed by atoms with Gasteiger partial charge >= 0.3 is 0 Å². The van der Waals surface area contributed by atoms with E-state index in [0.29, 0.717) is 5.71 Å². The molecule has 0 saturated carbocycles. The zero-order valence-electron chi connectivity index (χ0n) is 14.7. The molecule has 0 saturated heterocycles. The molecule has 0 aliphatic carbocycles. The van der Waals surface area contributed by atoms with E-state index < -0.39 is 23.1 Å². The van der Waals surface area contributed by atoms with Gasteiger partial charge in [-0.2, -0.15) is 5.10 Å². The maximum Gasteiger partial charge on any atom is 0.249 e. The number of carbonyl (C=O) groups excluding carboxylic acids is 1. The van der Waals surface area contributed by atoms with Gasteiger partial charge in [-0.3, -0.25) is 14.6 Å². The van der Waals surface area contributed by atoms with E-state index in [2.05, 4.69) is 10.1 Å². The molecule has 2 aliphatic heterocycles. The van der Waals surface area contributed by atoms with E-state index in [0.717, 1.165) is 12.1 Å². The molecule has 0 fully saturated rings. The third-order valence-electron chi connectivity index (χ3n) is 4.90. The summed E-state index contributed by atoms with van der Waals surface area (Å²) >= 11 is 0. The molecule has 0 bridgehead atoms. The Hall–Kier alpha value is -3.09. The second-order valence-electron chi connectivity index (χ2n) is 6.95. The Morgan fingerprint density at radius 3 is 2.78 bits per heavy atom. The van der Waals surface area contributed by atoms with Crippen molar-refractivity contribution < 1.29 is 13.6 Å². The highest BCUT2D eigenvalue weighted by Crippen LogP contribution is 2.33. The topological polar surface area (TPSA) is 65.5 Å². The number of Topliss-reactive ketones (excluding diaryl/α,β-unsaturated/α-hetero) is 1. The van der Waals surface area contributed by atoms with Crippen LogP contribution in [0.4, 0.5) is 8.78 Å². The number of hydrazone groups is 1. The highest BCUT2D eigenvalue weighted by Gasteiger charge is 2.42. The van der Waals surface area contributed by atoms with Crippen LogP contribution < -0.4 is 5.56 Å². The van der Waals surface area contributed by atoms with Crippen LogP contribution in [0.25, 0.3) is 10.9 Å². The molecule has 1 aromatic heterocycles. The minimum atomic E-state index is -1.18. The van der Waals surface area contributed by atoms with Crippen molar-refractivity contribution in [2.75, 3.05) is 0 Å². The molecule has 4 rings (SSSR count). The summed E-state index contributed by atoms with van der Waals surface area (Å²) in [5.41, 5.74) is -0.205. The molecular weight excluding hydrogens is 352 g/mol. The summed E-state index contributed by atoms with van der Waals surface area (Å²) in [4.78, 5) is 27.8. The molecule has 5 nitrogen and oxygen atoms in total. The predicted molar refractivity (Wildman–Crippen MR) is 98.5 cm³/mol. The van der Waals surface area contributed by atoms with Crippen LogP contribution in [-0.2, 0) is 0 Å². The average molecular weight is 369 g/mol. The molecule has 1 aromatic carbocycles. The summed E-state index contributed by atoms with van der Waals surface area (Å²) in [6.07, 6.45) is 7.32. The van der Waals surface area contributed by atoms with Gasteiger partial charge < -0.3 is 4.98 Å². The fraction of sp³-hybridized carbons (Fsp3) is 0.250. The van der Waals surface area contributed by atoms with Crippen molar-refractivity contribution >= 4 is 22.4 Å². The molecule has 2 aromatic rings. The number of nitrogens with one attached hydrogen (secondary N) is 1. The molecule has 27 heavy (non-hydrogen) atoms. The number of fused-ring (bicyclic) bond motifs is 2. The zero-order chi connectivity index (χ0) is 19.3. The number of nitrogens with zero attached hydrogens (tertiary/aromatic N) is 2. The smallest absolute Gasteiger partial charge is 0.249 e. The lowest BCUT2D eigenvalue weighted by molar-refractivity contribution is 0.0931. The number of halogens is 2. The van der Waals surface area contributed by atoms with Crippen LogP contribution in [0.2, 0.25) is 0 Å². The van der Waals surface area contributed by atoms with Gasteiger partial charge in [-0.25, -0.2) is 8.78 Å². The van der Waals surface area contributed by atoms with Crippen LogP contribution in [0.3, 0.4) is 0 Å². The fourth-order valence-electron chi connectivity index (χ4n) is 3.64. The van der Waals surface area contributed by atoms with E-state index >= 15 is 0 Å². The van der Waals surface area contributed by atoms with E-state index in [1.807, 2.05) is 32.1 Å². The van der Waals surface area contributed by atoms with Crippen molar-refractivity contribution in [2.45, 2.75) is 19.9 Å². The monoisotopic (exact) mass is 369 g/mol. The number of hydrogen-bond acceptors (Lipinski definition) is 4. The first-order valence-electron chi connectivity index (χ1n) is 8.65. The van der Waals surface area contributed by atoms with Crippen LogP contribution in [0, 0.1) is 23.5 Å². The van der Waals surface area contributed by atoms with Crippen molar-refractivity contribution in [1.82, 2.24) is 9.99 Å². The second-order valence-corrected chi connectivity index (χ2v) is 6.95. The number of rotatable bonds is 3. The molecular formula is C20H17F2N3O2. The molecule has 2 unspecified atom stereocenters. The molecule has 3 heterocycles. The SMILES string of the molecule is CC(C)C1=NN2C=CC=CC2C1C(=O)c1cc(=O)[nH]c2c(F)c(F)ccc12. The summed E-state index contributed by atoms with van der Waals surface area (Å²) in [7, 11) is 0. The molecule has 0 radical (unpaired) electrons. The van der Waals surface area contributed by atoms with E-state index in [4.69, 9.17) is 0 Å². The van der Waals surface area contributed by atoms with Gasteiger partial charge in [0, 0.05) is 23.2 Å². The van der Waals surface area contributed by atoms with Crippen LogP contribution in [-0.4, -0.2) is 27.5 Å². The highest BCUT2D eigenvalue weighted by atomic mass is 19.2. The molecule has 1 N–H and O–H groups in total.